The lowest BCUT2D eigenvalue weighted by Gasteiger charge is -2.41. The van der Waals surface area contributed by atoms with Crippen molar-refractivity contribution in [2.24, 2.45) is 5.16 Å². The average Bonchev–Trinajstić information content (AvgIpc) is 3.34. The summed E-state index contributed by atoms with van der Waals surface area (Å²) in [6.45, 7) is 5.52. The van der Waals surface area contributed by atoms with Crippen molar-refractivity contribution in [3.63, 3.8) is 0 Å². The summed E-state index contributed by atoms with van der Waals surface area (Å²) in [4.78, 5) is 10.6. The maximum Gasteiger partial charge on any atom is 0.159 e. The Morgan fingerprint density at radius 2 is 2.03 bits per heavy atom. The van der Waals surface area contributed by atoms with Crippen LogP contribution in [0.4, 0.5) is 5.69 Å². The topological polar surface area (TPSA) is 114 Å². The fourth-order valence-corrected chi connectivity index (χ4v) is 6.43. The Balaban J connectivity index is 1.42. The summed E-state index contributed by atoms with van der Waals surface area (Å²) < 4.78 is 27.6. The smallest absolute Gasteiger partial charge is 0.159 e. The quantitative estimate of drug-likeness (QED) is 0.614. The van der Waals surface area contributed by atoms with Gasteiger partial charge in [0, 0.05) is 61.7 Å². The average molecular weight is 450 g/mol. The van der Waals surface area contributed by atoms with E-state index < -0.39 is 10.6 Å². The number of rotatable bonds is 6. The van der Waals surface area contributed by atoms with Crippen LogP contribution in [0.2, 0.25) is 0 Å². The molecule has 2 aromatic heterocycles. The highest BCUT2D eigenvalue weighted by molar-refractivity contribution is 8.24. The number of oxime groups is 1. The fourth-order valence-electron chi connectivity index (χ4n) is 4.90. The number of ether oxygens (including phenoxy) is 1. The van der Waals surface area contributed by atoms with Crippen molar-refractivity contribution in [1.82, 2.24) is 14.8 Å². The van der Waals surface area contributed by atoms with Gasteiger partial charge < -0.3 is 14.9 Å². The third kappa shape index (κ3) is 3.90. The molecule has 10 heteroatoms. The van der Waals surface area contributed by atoms with E-state index in [0.29, 0.717) is 11.5 Å². The van der Waals surface area contributed by atoms with Gasteiger partial charge in [0.1, 0.15) is 5.60 Å². The molecule has 0 bridgehead atoms. The molecule has 0 atom stereocenters. The first kappa shape index (κ1) is 21.0. The first-order valence-corrected chi connectivity index (χ1v) is 13.0. The highest BCUT2D eigenvalue weighted by Crippen LogP contribution is 2.47. The van der Waals surface area contributed by atoms with Gasteiger partial charge in [0.05, 0.1) is 29.1 Å². The lowest BCUT2D eigenvalue weighted by atomic mass is 9.74. The summed E-state index contributed by atoms with van der Waals surface area (Å²) in [5, 5.41) is 13.6. The van der Waals surface area contributed by atoms with E-state index in [-0.39, 0.29) is 17.7 Å². The molecule has 4 heterocycles. The first-order valence-electron chi connectivity index (χ1n) is 11.1. The molecule has 0 amide bonds. The van der Waals surface area contributed by atoms with Crippen LogP contribution in [0.15, 0.2) is 17.5 Å². The van der Waals surface area contributed by atoms with Crippen LogP contribution in [-0.2, 0) is 16.1 Å². The zero-order chi connectivity index (χ0) is 21.6. The molecule has 0 radical (unpaired) electrons. The van der Waals surface area contributed by atoms with E-state index >= 15 is 0 Å². The predicted octanol–water partition coefficient (Wildman–Crippen LogP) is 3.84. The van der Waals surface area contributed by atoms with Gasteiger partial charge in [0.25, 0.3) is 0 Å². The summed E-state index contributed by atoms with van der Waals surface area (Å²) >= 11 is 0. The van der Waals surface area contributed by atoms with E-state index in [4.69, 9.17) is 14.6 Å². The molecule has 170 valence electrons. The van der Waals surface area contributed by atoms with Crippen LogP contribution < -0.4 is 5.32 Å². The summed E-state index contributed by atoms with van der Waals surface area (Å²) in [6, 6.07) is 0.164. The standard InChI is InChI=1S/C21H31N5O4S/c1-3-26-20-17(13-23-26)19(24-14-5-7-31(27,28)8-6-14)16(12-22-20)18-11-21(30-25-18)9-15(10-21)29-4-2/h12-15,27-28H,3-11H2,1-2H3,(H,22,24). The number of hydrogen-bond acceptors (Lipinski definition) is 8. The number of pyridine rings is 1. The number of fused-ring (bicyclic) bond motifs is 1. The molecule has 0 unspecified atom stereocenters. The lowest BCUT2D eigenvalue weighted by Crippen LogP contribution is -2.48. The SMILES string of the molecule is CCOC1CC2(CC(c3cnc4c(cnn4CC)c3NC3CCS(O)(O)CC3)=NO2)C1. The molecule has 0 aromatic carbocycles. The maximum absolute atomic E-state index is 9.99. The molecule has 3 N–H and O–H groups in total. The second kappa shape index (κ2) is 7.91. The molecule has 2 aliphatic heterocycles. The van der Waals surface area contributed by atoms with Gasteiger partial charge in [-0.2, -0.15) is 15.7 Å². The van der Waals surface area contributed by atoms with Crippen LogP contribution in [0, 0.1) is 0 Å². The van der Waals surface area contributed by atoms with E-state index in [1.165, 1.54) is 0 Å². The Bertz CT molecular complexity index is 991. The van der Waals surface area contributed by atoms with Gasteiger partial charge in [-0.15, -0.1) is 0 Å². The van der Waals surface area contributed by atoms with E-state index in [1.807, 2.05) is 30.9 Å². The van der Waals surface area contributed by atoms with Crippen molar-refractivity contribution in [1.29, 1.82) is 0 Å². The second-order valence-electron chi connectivity index (χ2n) is 8.85. The molecule has 1 aliphatic carbocycles. The molecule has 2 aromatic rings. The van der Waals surface area contributed by atoms with Crippen LogP contribution in [-0.4, -0.2) is 65.4 Å². The highest BCUT2D eigenvalue weighted by atomic mass is 32.3. The third-order valence-electron chi connectivity index (χ3n) is 6.65. The molecular weight excluding hydrogens is 418 g/mol. The largest absolute Gasteiger partial charge is 0.388 e. The summed E-state index contributed by atoms with van der Waals surface area (Å²) in [5.74, 6) is 0.878. The number of hydrogen-bond donors (Lipinski definition) is 3. The van der Waals surface area contributed by atoms with Gasteiger partial charge in [0.15, 0.2) is 5.65 Å². The van der Waals surface area contributed by atoms with E-state index in [1.54, 1.807) is 0 Å². The van der Waals surface area contributed by atoms with Gasteiger partial charge in [-0.05, 0) is 26.7 Å². The summed E-state index contributed by atoms with van der Waals surface area (Å²) in [7, 11) is -2.42. The Hall–Kier alpha value is -1.88. The number of nitrogens with zero attached hydrogens (tertiary/aromatic N) is 4. The third-order valence-corrected chi connectivity index (χ3v) is 8.43. The van der Waals surface area contributed by atoms with Crippen LogP contribution in [0.1, 0.15) is 51.5 Å². The minimum atomic E-state index is -2.42. The molecule has 2 fully saturated rings. The molecule has 1 saturated heterocycles. The van der Waals surface area contributed by atoms with Crippen molar-refractivity contribution in [2.45, 2.75) is 70.2 Å². The molecule has 5 rings (SSSR count). The van der Waals surface area contributed by atoms with E-state index in [9.17, 15) is 9.11 Å². The Kier molecular flexibility index (Phi) is 5.36. The Morgan fingerprint density at radius 3 is 2.74 bits per heavy atom. The lowest BCUT2D eigenvalue weighted by molar-refractivity contribution is -0.156. The van der Waals surface area contributed by atoms with Gasteiger partial charge in [-0.3, -0.25) is 9.11 Å². The fraction of sp³-hybridized carbons (Fsp3) is 0.667. The zero-order valence-corrected chi connectivity index (χ0v) is 18.9. The summed E-state index contributed by atoms with van der Waals surface area (Å²) in [6.07, 6.45) is 7.88. The molecular formula is C21H31N5O4S. The van der Waals surface area contributed by atoms with Crippen LogP contribution in [0.25, 0.3) is 11.0 Å². The van der Waals surface area contributed by atoms with Crippen molar-refractivity contribution >= 4 is 33.0 Å². The highest BCUT2D eigenvalue weighted by Gasteiger charge is 2.51. The minimum Gasteiger partial charge on any atom is -0.388 e. The monoisotopic (exact) mass is 449 g/mol. The molecule has 9 nitrogen and oxygen atoms in total. The van der Waals surface area contributed by atoms with Crippen LogP contribution >= 0.6 is 10.6 Å². The van der Waals surface area contributed by atoms with Gasteiger partial charge in [-0.1, -0.05) is 5.16 Å². The van der Waals surface area contributed by atoms with Gasteiger partial charge in [-0.25, -0.2) is 9.67 Å². The zero-order valence-electron chi connectivity index (χ0n) is 18.1. The summed E-state index contributed by atoms with van der Waals surface area (Å²) in [5.41, 5.74) is 3.39. The van der Waals surface area contributed by atoms with Crippen LogP contribution in [0.3, 0.4) is 0 Å². The predicted molar refractivity (Wildman–Crippen MR) is 122 cm³/mol. The number of aryl methyl sites for hydroxylation is 1. The van der Waals surface area contributed by atoms with Crippen molar-refractivity contribution in [3.05, 3.63) is 18.0 Å². The van der Waals surface area contributed by atoms with Crippen molar-refractivity contribution in [3.8, 4) is 0 Å². The molecule has 3 aliphatic rings. The van der Waals surface area contributed by atoms with Crippen molar-refractivity contribution < 1.29 is 18.7 Å². The normalized spacial score (nSPS) is 25.8. The van der Waals surface area contributed by atoms with E-state index in [2.05, 4.69) is 15.6 Å². The van der Waals surface area contributed by atoms with Gasteiger partial charge >= 0.3 is 0 Å². The maximum atomic E-state index is 9.99. The molecule has 1 spiro atoms. The number of anilines is 1. The Labute approximate surface area is 183 Å². The molecule has 31 heavy (non-hydrogen) atoms. The Morgan fingerprint density at radius 1 is 1.26 bits per heavy atom. The second-order valence-corrected chi connectivity index (χ2v) is 11.3. The number of aromatic nitrogens is 3. The van der Waals surface area contributed by atoms with Crippen molar-refractivity contribution in [2.75, 3.05) is 23.4 Å². The molecule has 1 saturated carbocycles. The van der Waals surface area contributed by atoms with Crippen LogP contribution in [0.5, 0.6) is 0 Å². The first-order chi connectivity index (χ1) is 14.9. The van der Waals surface area contributed by atoms with E-state index in [0.717, 1.165) is 73.3 Å². The number of nitrogens with one attached hydrogen (secondary N) is 1. The van der Waals surface area contributed by atoms with Gasteiger partial charge in [0.2, 0.25) is 0 Å². The minimum absolute atomic E-state index is 0.164.